The zero-order chi connectivity index (χ0) is 10.4. The van der Waals surface area contributed by atoms with E-state index in [0.29, 0.717) is 5.69 Å². The van der Waals surface area contributed by atoms with E-state index in [0.717, 1.165) is 21.9 Å². The minimum atomic E-state index is 0.238. The van der Waals surface area contributed by atoms with Crippen molar-refractivity contribution in [3.63, 3.8) is 0 Å². The number of nitrogens with zero attached hydrogens (tertiary/aromatic N) is 1. The standard InChI is InChI=1S/C12H8N2O/c13-10-1-7-3-11(15)4-9-6-14-5-8(2-10)12(7)9/h1-6H,13H2/p+1. The fourth-order valence-corrected chi connectivity index (χ4v) is 1.99. The Hall–Kier alpha value is -2.25. The van der Waals surface area contributed by atoms with Gasteiger partial charge in [-0.2, -0.15) is 0 Å². The first kappa shape index (κ1) is 8.09. The van der Waals surface area contributed by atoms with Crippen molar-refractivity contribution in [2.45, 2.75) is 0 Å². The van der Waals surface area contributed by atoms with Crippen LogP contribution in [0.3, 0.4) is 0 Å². The van der Waals surface area contributed by atoms with Gasteiger partial charge in [0.2, 0.25) is 0 Å². The van der Waals surface area contributed by atoms with E-state index in [9.17, 15) is 5.11 Å². The van der Waals surface area contributed by atoms with Gasteiger partial charge < -0.3 is 10.8 Å². The van der Waals surface area contributed by atoms with E-state index in [4.69, 9.17) is 5.73 Å². The first-order chi connectivity index (χ1) is 7.24. The molecule has 1 aliphatic heterocycles. The maximum Gasteiger partial charge on any atom is 0.300 e. The summed E-state index contributed by atoms with van der Waals surface area (Å²) in [5.74, 6) is 0.238. The second-order valence-electron chi connectivity index (χ2n) is 3.65. The average molecular weight is 197 g/mol. The molecule has 0 amide bonds. The van der Waals surface area contributed by atoms with Gasteiger partial charge in [-0.3, -0.25) is 0 Å². The number of phenolic OH excluding ortho intramolecular Hbond substituents is 1. The summed E-state index contributed by atoms with van der Waals surface area (Å²) in [6, 6.07) is 7.17. The number of rotatable bonds is 0. The van der Waals surface area contributed by atoms with Crippen LogP contribution in [0.15, 0.2) is 24.3 Å². The summed E-state index contributed by atoms with van der Waals surface area (Å²) in [7, 11) is 0. The Morgan fingerprint density at radius 1 is 1.00 bits per heavy atom. The normalized spacial score (nSPS) is 12.3. The lowest BCUT2D eigenvalue weighted by Crippen LogP contribution is -2.01. The van der Waals surface area contributed by atoms with Gasteiger partial charge in [-0.15, -0.1) is 0 Å². The SMILES string of the molecule is Nc1cc2c3c(cc(O)cc3c1)C=[N+]=C2. The van der Waals surface area contributed by atoms with Gasteiger partial charge in [-0.25, -0.2) is 0 Å². The number of hydrogen-bond donors (Lipinski definition) is 2. The lowest BCUT2D eigenvalue weighted by atomic mass is 9.98. The molecule has 2 aromatic carbocycles. The highest BCUT2D eigenvalue weighted by molar-refractivity contribution is 6.13. The Labute approximate surface area is 86.2 Å². The topological polar surface area (TPSA) is 60.4 Å². The van der Waals surface area contributed by atoms with Crippen LogP contribution in [0.4, 0.5) is 5.69 Å². The van der Waals surface area contributed by atoms with Crippen LogP contribution in [0.5, 0.6) is 5.75 Å². The number of phenols is 1. The van der Waals surface area contributed by atoms with Gasteiger partial charge in [0.25, 0.3) is 12.4 Å². The molecule has 3 heteroatoms. The lowest BCUT2D eigenvalue weighted by Gasteiger charge is -2.06. The first-order valence-electron chi connectivity index (χ1n) is 4.67. The van der Waals surface area contributed by atoms with Crippen molar-refractivity contribution in [3.05, 3.63) is 35.4 Å². The number of nitrogens with two attached hydrogens (primary N) is 1. The van der Waals surface area contributed by atoms with E-state index >= 15 is 0 Å². The van der Waals surface area contributed by atoms with E-state index < -0.39 is 0 Å². The van der Waals surface area contributed by atoms with Crippen LogP contribution in [-0.4, -0.2) is 17.5 Å². The van der Waals surface area contributed by atoms with Crippen molar-refractivity contribution < 1.29 is 5.11 Å². The third kappa shape index (κ3) is 1.11. The van der Waals surface area contributed by atoms with Crippen LogP contribution < -0.4 is 10.4 Å². The second-order valence-corrected chi connectivity index (χ2v) is 3.65. The number of benzene rings is 2. The fraction of sp³-hybridized carbons (Fsp3) is 0. The molecule has 3 rings (SSSR count). The maximum atomic E-state index is 9.54. The summed E-state index contributed by atoms with van der Waals surface area (Å²) in [6.45, 7) is 0. The molecule has 0 saturated carbocycles. The molecule has 0 atom stereocenters. The van der Waals surface area contributed by atoms with Crippen molar-refractivity contribution in [1.29, 1.82) is 0 Å². The molecule has 0 aliphatic carbocycles. The van der Waals surface area contributed by atoms with E-state index in [2.05, 4.69) is 4.67 Å². The molecular weight excluding hydrogens is 188 g/mol. The first-order valence-corrected chi connectivity index (χ1v) is 4.67. The Balaban J connectivity index is 2.57. The summed E-state index contributed by atoms with van der Waals surface area (Å²) in [5, 5.41) is 11.6. The Bertz CT molecular complexity index is 589. The zero-order valence-electron chi connectivity index (χ0n) is 7.94. The predicted molar refractivity (Wildman–Crippen MR) is 62.5 cm³/mol. The number of anilines is 1. The van der Waals surface area contributed by atoms with Crippen molar-refractivity contribution in [3.8, 4) is 5.75 Å². The molecule has 1 heterocycles. The van der Waals surface area contributed by atoms with Gasteiger partial charge in [0, 0.05) is 11.1 Å². The molecule has 0 saturated heterocycles. The minimum absolute atomic E-state index is 0.238. The van der Waals surface area contributed by atoms with Crippen LogP contribution in [0.25, 0.3) is 10.8 Å². The Kier molecular flexibility index (Phi) is 1.42. The Morgan fingerprint density at radius 2 is 1.73 bits per heavy atom. The van der Waals surface area contributed by atoms with Crippen molar-refractivity contribution in [2.75, 3.05) is 5.73 Å². The van der Waals surface area contributed by atoms with Gasteiger partial charge in [0.1, 0.15) is 5.75 Å². The number of aromatic hydroxyl groups is 1. The molecule has 0 bridgehead atoms. The zero-order valence-corrected chi connectivity index (χ0v) is 7.94. The summed E-state index contributed by atoms with van der Waals surface area (Å²) < 4.78 is 4.11. The highest BCUT2D eigenvalue weighted by atomic mass is 16.3. The summed E-state index contributed by atoms with van der Waals surface area (Å²) in [5.41, 5.74) is 8.39. The molecule has 0 aromatic heterocycles. The van der Waals surface area contributed by atoms with Gasteiger partial charge >= 0.3 is 0 Å². The molecule has 1 aliphatic rings. The number of nitrogen functional groups attached to an aromatic ring is 1. The average Bonchev–Trinajstić information content (AvgIpc) is 2.16. The van der Waals surface area contributed by atoms with E-state index in [-0.39, 0.29) is 5.75 Å². The van der Waals surface area contributed by atoms with Gasteiger partial charge in [-0.1, -0.05) is 4.67 Å². The second kappa shape index (κ2) is 2.62. The quantitative estimate of drug-likeness (QED) is 0.418. The number of hydrogen-bond acceptors (Lipinski definition) is 2. The predicted octanol–water partition coefficient (Wildman–Crippen LogP) is 1.05. The summed E-state index contributed by atoms with van der Waals surface area (Å²) in [4.78, 5) is 0. The molecule has 0 unspecified atom stereocenters. The van der Waals surface area contributed by atoms with Crippen molar-refractivity contribution in [1.82, 2.24) is 4.67 Å². The van der Waals surface area contributed by atoms with Gasteiger partial charge in [0.05, 0.1) is 11.1 Å². The molecular formula is C12H9N2O+. The highest BCUT2D eigenvalue weighted by Gasteiger charge is 2.14. The molecule has 72 valence electrons. The smallest absolute Gasteiger partial charge is 0.300 e. The molecule has 0 fully saturated rings. The third-order valence-electron chi connectivity index (χ3n) is 2.54. The molecule has 3 nitrogen and oxygen atoms in total. The van der Waals surface area contributed by atoms with Crippen LogP contribution in [0.2, 0.25) is 0 Å². The van der Waals surface area contributed by atoms with Crippen LogP contribution in [0, 0.1) is 0 Å². The molecule has 0 spiro atoms. The largest absolute Gasteiger partial charge is 0.508 e. The highest BCUT2D eigenvalue weighted by Crippen LogP contribution is 2.28. The maximum absolute atomic E-state index is 9.54. The third-order valence-corrected chi connectivity index (χ3v) is 2.54. The molecule has 0 radical (unpaired) electrons. The van der Waals surface area contributed by atoms with Crippen molar-refractivity contribution in [2.24, 2.45) is 0 Å². The minimum Gasteiger partial charge on any atom is -0.508 e. The van der Waals surface area contributed by atoms with Crippen LogP contribution >= 0.6 is 0 Å². The molecule has 3 N–H and O–H groups in total. The lowest BCUT2D eigenvalue weighted by molar-refractivity contribution is 0.476. The fourth-order valence-electron chi connectivity index (χ4n) is 1.99. The van der Waals surface area contributed by atoms with E-state index in [1.165, 1.54) is 0 Å². The Morgan fingerprint density at radius 3 is 2.53 bits per heavy atom. The molecule has 15 heavy (non-hydrogen) atoms. The van der Waals surface area contributed by atoms with Crippen LogP contribution in [0.1, 0.15) is 11.1 Å². The van der Waals surface area contributed by atoms with Crippen LogP contribution in [-0.2, 0) is 0 Å². The molecule has 2 aromatic rings. The monoisotopic (exact) mass is 197 g/mol. The van der Waals surface area contributed by atoms with Crippen molar-refractivity contribution >= 4 is 28.9 Å². The van der Waals surface area contributed by atoms with Gasteiger partial charge in [-0.05, 0) is 29.7 Å². The summed E-state index contributed by atoms with van der Waals surface area (Å²) in [6.07, 6.45) is 3.52. The van der Waals surface area contributed by atoms with E-state index in [1.54, 1.807) is 24.6 Å². The van der Waals surface area contributed by atoms with Gasteiger partial charge in [0.15, 0.2) is 0 Å². The summed E-state index contributed by atoms with van der Waals surface area (Å²) >= 11 is 0. The van der Waals surface area contributed by atoms with E-state index in [1.807, 2.05) is 12.1 Å².